The highest BCUT2D eigenvalue weighted by Gasteiger charge is 2.30. The first-order chi connectivity index (χ1) is 38.9. The molecule has 1 amide bonds. The van der Waals surface area contributed by atoms with Crippen LogP contribution in [0.25, 0.3) is 0 Å². The number of nitrogens with zero attached hydrogens (tertiary/aromatic N) is 1. The summed E-state index contributed by atoms with van der Waals surface area (Å²) in [6.45, 7) is 7.02. The van der Waals surface area contributed by atoms with Gasteiger partial charge in [-0.15, -0.1) is 0 Å². The molecule has 0 radical (unpaired) electrons. The molecule has 9 nitrogen and oxygen atoms in total. The average Bonchev–Trinajstić information content (AvgIpc) is 3.42. The zero-order valence-electron chi connectivity index (χ0n) is 54.1. The number of amides is 1. The Kier molecular flexibility index (Phi) is 59.0. The molecule has 472 valence electrons. The first-order valence-corrected chi connectivity index (χ1v) is 36.3. The van der Waals surface area contributed by atoms with Crippen molar-refractivity contribution < 1.29 is 37.3 Å². The topological polar surface area (TPSA) is 111 Å². The lowest BCUT2D eigenvalue weighted by Crippen LogP contribution is -2.47. The number of ether oxygens (including phenoxy) is 1. The molecule has 2 N–H and O–H groups in total. The van der Waals surface area contributed by atoms with Crippen LogP contribution < -0.4 is 5.32 Å². The average molecular weight is 1150 g/mol. The summed E-state index contributed by atoms with van der Waals surface area (Å²) in [6, 6.07) is -0.851. The van der Waals surface area contributed by atoms with E-state index in [4.69, 9.17) is 13.8 Å². The van der Waals surface area contributed by atoms with Crippen LogP contribution in [0.1, 0.15) is 348 Å². The summed E-state index contributed by atoms with van der Waals surface area (Å²) in [5, 5.41) is 3.06. The maximum Gasteiger partial charge on any atom is 0.472 e. The predicted molar refractivity (Wildman–Crippen MR) is 346 cm³/mol. The molecule has 3 unspecified atom stereocenters. The summed E-state index contributed by atoms with van der Waals surface area (Å²) in [6.07, 6.45) is 74.5. The first kappa shape index (κ1) is 78.2. The van der Waals surface area contributed by atoms with Crippen molar-refractivity contribution in [1.82, 2.24) is 5.32 Å². The highest BCUT2D eigenvalue weighted by Crippen LogP contribution is 2.43. The van der Waals surface area contributed by atoms with Crippen molar-refractivity contribution in [1.29, 1.82) is 0 Å². The van der Waals surface area contributed by atoms with Crippen LogP contribution in [0.2, 0.25) is 0 Å². The molecule has 0 aliphatic rings. The van der Waals surface area contributed by atoms with Crippen LogP contribution in [0.15, 0.2) is 36.5 Å². The number of hydrogen-bond acceptors (Lipinski definition) is 6. The Morgan fingerprint density at radius 2 is 0.750 bits per heavy atom. The monoisotopic (exact) mass is 1150 g/mol. The van der Waals surface area contributed by atoms with Gasteiger partial charge in [0.25, 0.3) is 0 Å². The van der Waals surface area contributed by atoms with Gasteiger partial charge < -0.3 is 19.4 Å². The van der Waals surface area contributed by atoms with E-state index in [-0.39, 0.29) is 25.1 Å². The minimum absolute atomic E-state index is 0.0400. The molecule has 0 aromatic rings. The number of rotatable bonds is 64. The van der Waals surface area contributed by atoms with Gasteiger partial charge in [-0.3, -0.25) is 18.6 Å². The van der Waals surface area contributed by atoms with Gasteiger partial charge in [-0.25, -0.2) is 4.57 Å². The van der Waals surface area contributed by atoms with Crippen molar-refractivity contribution in [2.45, 2.75) is 360 Å². The number of likely N-dealkylation sites (N-methyl/N-ethyl adjacent to an activating group) is 1. The lowest BCUT2D eigenvalue weighted by atomic mass is 10.0. The normalized spacial score (nSPS) is 13.7. The zero-order chi connectivity index (χ0) is 58.6. The molecule has 0 spiro atoms. The van der Waals surface area contributed by atoms with E-state index in [1.165, 1.54) is 238 Å². The molecule has 0 saturated heterocycles. The Hall–Kier alpha value is -1.77. The van der Waals surface area contributed by atoms with Gasteiger partial charge in [0, 0.05) is 12.8 Å². The number of nitrogens with one attached hydrogen (secondary N) is 1. The third-order valence-electron chi connectivity index (χ3n) is 15.9. The number of phosphoric ester groups is 1. The molecule has 0 fully saturated rings. The minimum Gasteiger partial charge on any atom is -0.456 e. The molecule has 0 rings (SSSR count). The molecule has 0 aromatic heterocycles. The van der Waals surface area contributed by atoms with Crippen molar-refractivity contribution in [2.75, 3.05) is 40.9 Å². The Morgan fingerprint density at radius 3 is 1.12 bits per heavy atom. The van der Waals surface area contributed by atoms with Gasteiger partial charge in [0.2, 0.25) is 5.91 Å². The van der Waals surface area contributed by atoms with Crippen molar-refractivity contribution in [3.63, 3.8) is 0 Å². The van der Waals surface area contributed by atoms with Gasteiger partial charge >= 0.3 is 13.8 Å². The fourth-order valence-electron chi connectivity index (χ4n) is 10.5. The van der Waals surface area contributed by atoms with E-state index >= 15 is 0 Å². The van der Waals surface area contributed by atoms with Crippen molar-refractivity contribution in [2.24, 2.45) is 0 Å². The van der Waals surface area contributed by atoms with Crippen LogP contribution in [0.5, 0.6) is 0 Å². The van der Waals surface area contributed by atoms with Crippen LogP contribution in [0.4, 0.5) is 0 Å². The van der Waals surface area contributed by atoms with Crippen LogP contribution >= 0.6 is 7.82 Å². The predicted octanol–water partition coefficient (Wildman–Crippen LogP) is 21.8. The number of allylic oxidation sites excluding steroid dienone is 5. The van der Waals surface area contributed by atoms with E-state index in [0.717, 1.165) is 77.0 Å². The fraction of sp³-hybridized carbons (Fsp3) is 0.886. The number of quaternary nitrogens is 1. The smallest absolute Gasteiger partial charge is 0.456 e. The molecule has 3 atom stereocenters. The van der Waals surface area contributed by atoms with Crippen molar-refractivity contribution in [3.8, 4) is 0 Å². The maximum absolute atomic E-state index is 13.6. The standard InChI is InChI=1S/C70H135N2O7P/c1-7-10-13-16-19-22-25-28-30-31-32-33-34-35-36-37-38-39-40-41-43-45-48-51-54-57-60-63-70(74)79-68(61-58-55-52-49-46-27-24-21-18-15-12-9-3)67(66-78-80(75,76)77-65-64-72(4,5)6)71-69(73)62-59-56-53-50-47-44-42-29-26-23-20-17-14-11-8-2/h20,23,26,29,58,61,67-68H,7-19,21-22,24-25,27-28,30-57,59-60,62-66H2,1-6H3,(H-,71,73,75,76)/p+1/b23-20+,29-26+,61-58-. The van der Waals surface area contributed by atoms with Crippen LogP contribution in [0, 0.1) is 0 Å². The number of carbonyl (C=O) groups excluding carboxylic acids is 2. The number of phosphoric acid groups is 1. The Labute approximate surface area is 497 Å². The number of carbonyl (C=O) groups is 2. The van der Waals surface area contributed by atoms with Crippen LogP contribution in [-0.2, 0) is 27.9 Å². The summed E-state index contributed by atoms with van der Waals surface area (Å²) >= 11 is 0. The zero-order valence-corrected chi connectivity index (χ0v) is 55.0. The fourth-order valence-corrected chi connectivity index (χ4v) is 11.2. The minimum atomic E-state index is -4.45. The summed E-state index contributed by atoms with van der Waals surface area (Å²) in [5.41, 5.74) is 0. The third-order valence-corrected chi connectivity index (χ3v) is 16.8. The van der Waals surface area contributed by atoms with E-state index in [1.807, 2.05) is 33.3 Å². The van der Waals surface area contributed by atoms with Gasteiger partial charge in [-0.1, -0.05) is 314 Å². The summed E-state index contributed by atoms with van der Waals surface area (Å²) in [5.74, 6) is -0.502. The van der Waals surface area contributed by atoms with Gasteiger partial charge in [0.1, 0.15) is 19.3 Å². The SMILES string of the molecule is CCCCC/C=C/C=C/CCCCCCCCC(=O)NC(COP(=O)(O)OCC[N+](C)(C)C)C(/C=C\CCCCCCCCCCCC)OC(=O)CCCCCCCCCCCCCCCCCCCCCCCCCCCCC. The van der Waals surface area contributed by atoms with E-state index in [0.29, 0.717) is 23.9 Å². The van der Waals surface area contributed by atoms with Gasteiger partial charge in [-0.05, 0) is 57.4 Å². The van der Waals surface area contributed by atoms with E-state index in [1.54, 1.807) is 0 Å². The summed E-state index contributed by atoms with van der Waals surface area (Å²) < 4.78 is 30.8. The van der Waals surface area contributed by atoms with Gasteiger partial charge in [0.05, 0.1) is 33.8 Å². The van der Waals surface area contributed by atoms with E-state index < -0.39 is 20.0 Å². The molecule has 0 aliphatic heterocycles. The number of esters is 1. The lowest BCUT2D eigenvalue weighted by Gasteiger charge is -2.27. The molecular formula is C70H136N2O7P+. The van der Waals surface area contributed by atoms with E-state index in [9.17, 15) is 19.0 Å². The molecule has 0 saturated carbocycles. The largest absolute Gasteiger partial charge is 0.472 e. The molecular weight excluding hydrogens is 1010 g/mol. The second-order valence-electron chi connectivity index (χ2n) is 25.1. The highest BCUT2D eigenvalue weighted by molar-refractivity contribution is 7.47. The van der Waals surface area contributed by atoms with E-state index in [2.05, 4.69) is 50.4 Å². The van der Waals surface area contributed by atoms with Gasteiger partial charge in [0.15, 0.2) is 0 Å². The Balaban J connectivity index is 4.97. The first-order valence-electron chi connectivity index (χ1n) is 34.8. The number of hydrogen-bond donors (Lipinski definition) is 2. The molecule has 80 heavy (non-hydrogen) atoms. The highest BCUT2D eigenvalue weighted by atomic mass is 31.2. The third kappa shape index (κ3) is 60.8. The van der Waals surface area contributed by atoms with Crippen LogP contribution in [-0.4, -0.2) is 74.3 Å². The summed E-state index contributed by atoms with van der Waals surface area (Å²) in [7, 11) is 1.50. The molecule has 0 aromatic carbocycles. The van der Waals surface area contributed by atoms with Crippen molar-refractivity contribution >= 4 is 19.7 Å². The molecule has 0 bridgehead atoms. The molecule has 10 heteroatoms. The Bertz CT molecular complexity index is 1460. The molecule has 0 heterocycles. The number of unbranched alkanes of at least 4 members (excludes halogenated alkanes) is 45. The quantitative estimate of drug-likeness (QED) is 0.0156. The Morgan fingerprint density at radius 1 is 0.438 bits per heavy atom. The maximum atomic E-state index is 13.6. The van der Waals surface area contributed by atoms with Crippen LogP contribution in [0.3, 0.4) is 0 Å². The second-order valence-corrected chi connectivity index (χ2v) is 26.5. The molecule has 0 aliphatic carbocycles. The lowest BCUT2D eigenvalue weighted by molar-refractivity contribution is -0.870. The van der Waals surface area contributed by atoms with Crippen molar-refractivity contribution in [3.05, 3.63) is 36.5 Å². The summed E-state index contributed by atoms with van der Waals surface area (Å²) in [4.78, 5) is 37.8. The van der Waals surface area contributed by atoms with Gasteiger partial charge in [-0.2, -0.15) is 0 Å². The second kappa shape index (κ2) is 60.4.